The molecule has 1 aromatic carbocycles. The molecule has 1 atom stereocenters. The second-order valence-corrected chi connectivity index (χ2v) is 6.17. The Kier molecular flexibility index (Phi) is 7.49. The summed E-state index contributed by atoms with van der Waals surface area (Å²) in [7, 11) is 1.33. The lowest BCUT2D eigenvalue weighted by molar-refractivity contribution is -0.143. The summed E-state index contributed by atoms with van der Waals surface area (Å²) in [5, 5.41) is 0. The third-order valence-corrected chi connectivity index (χ3v) is 3.55. The van der Waals surface area contributed by atoms with E-state index in [0.29, 0.717) is 5.76 Å². The molecule has 0 heterocycles. The predicted molar refractivity (Wildman–Crippen MR) is 94.2 cm³/mol. The number of methoxy groups -OCH3 is 1. The van der Waals surface area contributed by atoms with Crippen molar-refractivity contribution in [2.45, 2.75) is 46.7 Å². The summed E-state index contributed by atoms with van der Waals surface area (Å²) in [6.45, 7) is 9.44. The first-order chi connectivity index (χ1) is 11.3. The average Bonchev–Trinajstić information content (AvgIpc) is 2.53. The van der Waals surface area contributed by atoms with Crippen molar-refractivity contribution in [3.05, 3.63) is 42.0 Å². The van der Waals surface area contributed by atoms with E-state index >= 15 is 0 Å². The molecule has 24 heavy (non-hydrogen) atoms. The molecule has 0 aliphatic rings. The van der Waals surface area contributed by atoms with E-state index in [9.17, 15) is 9.59 Å². The molecule has 0 aliphatic heterocycles. The van der Waals surface area contributed by atoms with Crippen LogP contribution in [-0.4, -0.2) is 36.2 Å². The second kappa shape index (κ2) is 9.11. The lowest BCUT2D eigenvalue weighted by atomic mass is 10.1. The van der Waals surface area contributed by atoms with Gasteiger partial charge in [-0.15, -0.1) is 0 Å². The van der Waals surface area contributed by atoms with Crippen LogP contribution in [0, 0.1) is 5.92 Å². The highest BCUT2D eigenvalue weighted by Gasteiger charge is 2.24. The van der Waals surface area contributed by atoms with Gasteiger partial charge < -0.3 is 14.4 Å². The zero-order valence-corrected chi connectivity index (χ0v) is 15.3. The Morgan fingerprint density at radius 2 is 1.54 bits per heavy atom. The Hall–Kier alpha value is -2.30. The molecule has 0 N–H and O–H groups in total. The van der Waals surface area contributed by atoms with Crippen LogP contribution in [0.4, 0.5) is 4.79 Å². The summed E-state index contributed by atoms with van der Waals surface area (Å²) in [6, 6.07) is 9.25. The van der Waals surface area contributed by atoms with Gasteiger partial charge in [0.2, 0.25) is 0 Å². The van der Waals surface area contributed by atoms with Gasteiger partial charge >= 0.3 is 12.1 Å². The second-order valence-electron chi connectivity index (χ2n) is 6.17. The van der Waals surface area contributed by atoms with Gasteiger partial charge in [0.1, 0.15) is 5.76 Å². The monoisotopic (exact) mass is 333 g/mol. The van der Waals surface area contributed by atoms with Crippen LogP contribution in [0.15, 0.2) is 36.4 Å². The fraction of sp³-hybridized carbons (Fsp3) is 0.474. The molecule has 0 saturated heterocycles. The molecule has 0 fully saturated rings. The number of ether oxygens (including phenoxy) is 2. The molecule has 0 radical (unpaired) electrons. The van der Waals surface area contributed by atoms with Gasteiger partial charge in [-0.05, 0) is 40.7 Å². The van der Waals surface area contributed by atoms with Crippen LogP contribution in [0.1, 0.15) is 40.2 Å². The van der Waals surface area contributed by atoms with Gasteiger partial charge in [-0.1, -0.05) is 30.3 Å². The van der Waals surface area contributed by atoms with E-state index in [4.69, 9.17) is 9.47 Å². The van der Waals surface area contributed by atoms with Crippen LogP contribution in [-0.2, 0) is 14.3 Å². The topological polar surface area (TPSA) is 55.8 Å². The number of rotatable bonds is 6. The lowest BCUT2D eigenvalue weighted by Gasteiger charge is -2.30. The van der Waals surface area contributed by atoms with Crippen LogP contribution in [0.25, 0.3) is 5.76 Å². The molecular weight excluding hydrogens is 306 g/mol. The van der Waals surface area contributed by atoms with Crippen molar-refractivity contribution < 1.29 is 19.1 Å². The highest BCUT2D eigenvalue weighted by Crippen LogP contribution is 2.21. The average molecular weight is 333 g/mol. The standard InChI is InChI=1S/C19H27NO4/c1-13(2)20(14(3)4)19(22)24-17(12-15(5)18(21)23-6)16-10-8-7-9-11-16/h7-15H,1-6H3/b17-12-/t15-/m1/s1. The minimum Gasteiger partial charge on any atom is -0.469 e. The lowest BCUT2D eigenvalue weighted by Crippen LogP contribution is -2.42. The molecule has 0 saturated carbocycles. The van der Waals surface area contributed by atoms with E-state index < -0.39 is 12.0 Å². The van der Waals surface area contributed by atoms with Crippen molar-refractivity contribution in [3.8, 4) is 0 Å². The van der Waals surface area contributed by atoms with Gasteiger partial charge in [-0.25, -0.2) is 4.79 Å². The molecular formula is C19H27NO4. The summed E-state index contributed by atoms with van der Waals surface area (Å²) >= 11 is 0. The van der Waals surface area contributed by atoms with Gasteiger partial charge in [0.25, 0.3) is 0 Å². The fourth-order valence-corrected chi connectivity index (χ4v) is 2.44. The van der Waals surface area contributed by atoms with E-state index in [2.05, 4.69) is 0 Å². The third-order valence-electron chi connectivity index (χ3n) is 3.55. The minimum atomic E-state index is -0.524. The van der Waals surface area contributed by atoms with E-state index in [-0.39, 0.29) is 18.1 Å². The number of nitrogens with zero attached hydrogens (tertiary/aromatic N) is 1. The van der Waals surface area contributed by atoms with Crippen LogP contribution < -0.4 is 0 Å². The molecule has 1 aromatic rings. The Morgan fingerprint density at radius 1 is 1.00 bits per heavy atom. The number of hydrogen-bond acceptors (Lipinski definition) is 4. The number of carbonyl (C=O) groups is 2. The SMILES string of the molecule is COC(=O)[C@H](C)/C=C(\OC(=O)N(C(C)C)C(C)C)c1ccccc1. The molecule has 0 aliphatic carbocycles. The summed E-state index contributed by atoms with van der Waals surface area (Å²) in [4.78, 5) is 25.9. The number of amides is 1. The summed E-state index contributed by atoms with van der Waals surface area (Å²) in [5.74, 6) is -0.557. The quantitative estimate of drug-likeness (QED) is 0.581. The fourth-order valence-electron chi connectivity index (χ4n) is 2.44. The van der Waals surface area contributed by atoms with Crippen molar-refractivity contribution in [3.63, 3.8) is 0 Å². The molecule has 0 unspecified atom stereocenters. The predicted octanol–water partition coefficient (Wildman–Crippen LogP) is 4.09. The van der Waals surface area contributed by atoms with Crippen LogP contribution >= 0.6 is 0 Å². The zero-order chi connectivity index (χ0) is 18.3. The van der Waals surface area contributed by atoms with Crippen molar-refractivity contribution in [2.24, 2.45) is 5.92 Å². The maximum absolute atomic E-state index is 12.6. The first kappa shape index (κ1) is 19.7. The molecule has 5 nitrogen and oxygen atoms in total. The van der Waals surface area contributed by atoms with Crippen molar-refractivity contribution >= 4 is 17.8 Å². The van der Waals surface area contributed by atoms with Crippen molar-refractivity contribution in [1.82, 2.24) is 4.90 Å². The Balaban J connectivity index is 3.13. The van der Waals surface area contributed by atoms with Crippen LogP contribution in [0.2, 0.25) is 0 Å². The maximum atomic E-state index is 12.6. The molecule has 1 rings (SSSR count). The number of carbonyl (C=O) groups excluding carboxylic acids is 2. The van der Waals surface area contributed by atoms with Gasteiger partial charge in [0.05, 0.1) is 13.0 Å². The largest absolute Gasteiger partial charge is 0.469 e. The summed E-state index contributed by atoms with van der Waals surface area (Å²) in [6.07, 6.45) is 1.17. The first-order valence-electron chi connectivity index (χ1n) is 8.13. The van der Waals surface area contributed by atoms with Crippen LogP contribution in [0.3, 0.4) is 0 Å². The molecule has 1 amide bonds. The molecule has 0 aromatic heterocycles. The van der Waals surface area contributed by atoms with E-state index in [1.807, 2.05) is 58.0 Å². The molecule has 0 spiro atoms. The van der Waals surface area contributed by atoms with Gasteiger partial charge in [-0.2, -0.15) is 0 Å². The van der Waals surface area contributed by atoms with Gasteiger partial charge in [0, 0.05) is 17.6 Å². The zero-order valence-electron chi connectivity index (χ0n) is 15.3. The molecule has 0 bridgehead atoms. The minimum absolute atomic E-state index is 0.00699. The third kappa shape index (κ3) is 5.41. The molecule has 132 valence electrons. The maximum Gasteiger partial charge on any atom is 0.415 e. The van der Waals surface area contributed by atoms with E-state index in [1.54, 1.807) is 17.9 Å². The Morgan fingerprint density at radius 3 is 2.00 bits per heavy atom. The van der Waals surface area contributed by atoms with E-state index in [0.717, 1.165) is 5.56 Å². The Labute approximate surface area is 144 Å². The highest BCUT2D eigenvalue weighted by molar-refractivity contribution is 5.81. The Bertz CT molecular complexity index is 570. The van der Waals surface area contributed by atoms with Crippen molar-refractivity contribution in [2.75, 3.05) is 7.11 Å². The van der Waals surface area contributed by atoms with E-state index in [1.165, 1.54) is 7.11 Å². The van der Waals surface area contributed by atoms with Crippen LogP contribution in [0.5, 0.6) is 0 Å². The van der Waals surface area contributed by atoms with Gasteiger partial charge in [-0.3, -0.25) is 4.79 Å². The summed E-state index contributed by atoms with van der Waals surface area (Å²) < 4.78 is 10.4. The van der Waals surface area contributed by atoms with Crippen molar-refractivity contribution in [1.29, 1.82) is 0 Å². The first-order valence-corrected chi connectivity index (χ1v) is 8.13. The number of hydrogen-bond donors (Lipinski definition) is 0. The number of esters is 1. The highest BCUT2D eigenvalue weighted by atomic mass is 16.6. The molecule has 5 heteroatoms. The smallest absolute Gasteiger partial charge is 0.415 e. The van der Waals surface area contributed by atoms with Gasteiger partial charge in [0.15, 0.2) is 0 Å². The normalized spacial score (nSPS) is 12.9. The number of benzene rings is 1. The summed E-state index contributed by atoms with van der Waals surface area (Å²) in [5.41, 5.74) is 0.731.